The lowest BCUT2D eigenvalue weighted by Crippen LogP contribution is -2.42. The Bertz CT molecular complexity index is 185. The SMILES string of the molecule is CCCCN(C(C)CNC1CC1)C1CC1. The summed E-state index contributed by atoms with van der Waals surface area (Å²) in [5.74, 6) is 0. The fourth-order valence-electron chi connectivity index (χ4n) is 2.25. The van der Waals surface area contributed by atoms with E-state index in [2.05, 4.69) is 24.1 Å². The van der Waals surface area contributed by atoms with Gasteiger partial charge in [0.1, 0.15) is 0 Å². The summed E-state index contributed by atoms with van der Waals surface area (Å²) >= 11 is 0. The van der Waals surface area contributed by atoms with Crippen molar-refractivity contribution in [1.29, 1.82) is 0 Å². The van der Waals surface area contributed by atoms with Crippen molar-refractivity contribution < 1.29 is 0 Å². The van der Waals surface area contributed by atoms with Crippen LogP contribution in [0.4, 0.5) is 0 Å². The molecule has 2 fully saturated rings. The first kappa shape index (κ1) is 11.4. The predicted octanol–water partition coefficient (Wildman–Crippen LogP) is 2.39. The van der Waals surface area contributed by atoms with E-state index < -0.39 is 0 Å². The maximum atomic E-state index is 3.65. The summed E-state index contributed by atoms with van der Waals surface area (Å²) in [4.78, 5) is 2.74. The van der Waals surface area contributed by atoms with Gasteiger partial charge in [-0.25, -0.2) is 0 Å². The smallest absolute Gasteiger partial charge is 0.0195 e. The van der Waals surface area contributed by atoms with Gasteiger partial charge in [0.15, 0.2) is 0 Å². The van der Waals surface area contributed by atoms with Crippen molar-refractivity contribution in [2.45, 2.75) is 70.5 Å². The minimum absolute atomic E-state index is 0.740. The lowest BCUT2D eigenvalue weighted by atomic mass is 10.2. The molecule has 1 unspecified atom stereocenters. The molecule has 0 heterocycles. The molecular weight excluding hydrogens is 184 g/mol. The lowest BCUT2D eigenvalue weighted by Gasteiger charge is -2.29. The normalized spacial score (nSPS) is 23.4. The van der Waals surface area contributed by atoms with Crippen LogP contribution in [0, 0.1) is 0 Å². The Balaban J connectivity index is 1.69. The zero-order valence-electron chi connectivity index (χ0n) is 10.3. The first-order chi connectivity index (χ1) is 7.31. The molecule has 2 heteroatoms. The molecule has 2 saturated carbocycles. The highest BCUT2D eigenvalue weighted by atomic mass is 15.2. The number of unbranched alkanes of at least 4 members (excludes halogenated alkanes) is 1. The molecular formula is C13H26N2. The summed E-state index contributed by atoms with van der Waals surface area (Å²) < 4.78 is 0. The van der Waals surface area contributed by atoms with Crippen LogP contribution in [0.5, 0.6) is 0 Å². The number of hydrogen-bond donors (Lipinski definition) is 1. The van der Waals surface area contributed by atoms with Gasteiger partial charge in [0.2, 0.25) is 0 Å². The molecule has 0 amide bonds. The van der Waals surface area contributed by atoms with Crippen LogP contribution in [0.15, 0.2) is 0 Å². The third-order valence-corrected chi connectivity index (χ3v) is 3.63. The predicted molar refractivity (Wildman–Crippen MR) is 65.1 cm³/mol. The molecule has 0 spiro atoms. The van der Waals surface area contributed by atoms with Crippen LogP contribution in [0.25, 0.3) is 0 Å². The van der Waals surface area contributed by atoms with Gasteiger partial charge < -0.3 is 5.32 Å². The van der Waals surface area contributed by atoms with Crippen LogP contribution in [-0.2, 0) is 0 Å². The van der Waals surface area contributed by atoms with Crippen LogP contribution in [0.2, 0.25) is 0 Å². The van der Waals surface area contributed by atoms with E-state index in [0.717, 1.165) is 18.1 Å². The van der Waals surface area contributed by atoms with Crippen molar-refractivity contribution in [3.63, 3.8) is 0 Å². The fourth-order valence-corrected chi connectivity index (χ4v) is 2.25. The molecule has 2 aliphatic rings. The summed E-state index contributed by atoms with van der Waals surface area (Å²) in [5, 5.41) is 3.65. The Morgan fingerprint density at radius 2 is 2.00 bits per heavy atom. The molecule has 2 rings (SSSR count). The van der Waals surface area contributed by atoms with Crippen molar-refractivity contribution in [1.82, 2.24) is 10.2 Å². The second-order valence-corrected chi connectivity index (χ2v) is 5.35. The van der Waals surface area contributed by atoms with E-state index in [-0.39, 0.29) is 0 Å². The summed E-state index contributed by atoms with van der Waals surface area (Å²) in [6.07, 6.45) is 8.39. The van der Waals surface area contributed by atoms with Crippen LogP contribution < -0.4 is 5.32 Å². The van der Waals surface area contributed by atoms with Crippen molar-refractivity contribution in [2.24, 2.45) is 0 Å². The Labute approximate surface area is 94.4 Å². The van der Waals surface area contributed by atoms with Gasteiger partial charge >= 0.3 is 0 Å². The maximum Gasteiger partial charge on any atom is 0.0195 e. The van der Waals surface area contributed by atoms with E-state index in [4.69, 9.17) is 0 Å². The Morgan fingerprint density at radius 3 is 2.53 bits per heavy atom. The monoisotopic (exact) mass is 210 g/mol. The summed E-state index contributed by atoms with van der Waals surface area (Å²) in [7, 11) is 0. The zero-order valence-corrected chi connectivity index (χ0v) is 10.3. The largest absolute Gasteiger partial charge is 0.312 e. The molecule has 0 aromatic heterocycles. The van der Waals surface area contributed by atoms with E-state index in [0.29, 0.717) is 0 Å². The van der Waals surface area contributed by atoms with Gasteiger partial charge in [-0.3, -0.25) is 4.90 Å². The van der Waals surface area contributed by atoms with Gasteiger partial charge in [-0.15, -0.1) is 0 Å². The fraction of sp³-hybridized carbons (Fsp3) is 1.00. The Morgan fingerprint density at radius 1 is 1.27 bits per heavy atom. The van der Waals surface area contributed by atoms with Crippen molar-refractivity contribution in [3.05, 3.63) is 0 Å². The van der Waals surface area contributed by atoms with Gasteiger partial charge in [-0.2, -0.15) is 0 Å². The molecule has 2 nitrogen and oxygen atoms in total. The highest BCUT2D eigenvalue weighted by Crippen LogP contribution is 2.29. The average Bonchev–Trinajstić information content (AvgIpc) is 3.08. The number of hydrogen-bond acceptors (Lipinski definition) is 2. The van der Waals surface area contributed by atoms with Gasteiger partial charge in [-0.05, 0) is 45.6 Å². The maximum absolute atomic E-state index is 3.65. The van der Waals surface area contributed by atoms with E-state index in [9.17, 15) is 0 Å². The second-order valence-electron chi connectivity index (χ2n) is 5.35. The summed E-state index contributed by atoms with van der Waals surface area (Å²) in [6.45, 7) is 7.20. The molecule has 1 atom stereocenters. The van der Waals surface area contributed by atoms with Crippen LogP contribution >= 0.6 is 0 Å². The van der Waals surface area contributed by atoms with Gasteiger partial charge in [-0.1, -0.05) is 13.3 Å². The van der Waals surface area contributed by atoms with E-state index in [1.807, 2.05) is 0 Å². The zero-order chi connectivity index (χ0) is 10.7. The highest BCUT2D eigenvalue weighted by molar-refractivity contribution is 4.89. The average molecular weight is 210 g/mol. The minimum Gasteiger partial charge on any atom is -0.312 e. The highest BCUT2D eigenvalue weighted by Gasteiger charge is 2.32. The van der Waals surface area contributed by atoms with E-state index >= 15 is 0 Å². The number of nitrogens with zero attached hydrogens (tertiary/aromatic N) is 1. The first-order valence-electron chi connectivity index (χ1n) is 6.80. The van der Waals surface area contributed by atoms with Crippen molar-refractivity contribution in [3.8, 4) is 0 Å². The lowest BCUT2D eigenvalue weighted by molar-refractivity contribution is 0.191. The molecule has 15 heavy (non-hydrogen) atoms. The molecule has 88 valence electrons. The molecule has 0 aromatic carbocycles. The molecule has 0 radical (unpaired) electrons. The van der Waals surface area contributed by atoms with Gasteiger partial charge in [0, 0.05) is 24.7 Å². The molecule has 2 aliphatic carbocycles. The molecule has 1 N–H and O–H groups in total. The van der Waals surface area contributed by atoms with E-state index in [1.165, 1.54) is 51.6 Å². The third kappa shape index (κ3) is 3.76. The summed E-state index contributed by atoms with van der Waals surface area (Å²) in [5.41, 5.74) is 0. The number of rotatable bonds is 8. The topological polar surface area (TPSA) is 15.3 Å². The van der Waals surface area contributed by atoms with Gasteiger partial charge in [0.05, 0.1) is 0 Å². The van der Waals surface area contributed by atoms with Crippen LogP contribution in [0.3, 0.4) is 0 Å². The number of nitrogens with one attached hydrogen (secondary N) is 1. The van der Waals surface area contributed by atoms with Gasteiger partial charge in [0.25, 0.3) is 0 Å². The molecule has 0 saturated heterocycles. The second kappa shape index (κ2) is 5.31. The van der Waals surface area contributed by atoms with E-state index in [1.54, 1.807) is 0 Å². The van der Waals surface area contributed by atoms with Crippen molar-refractivity contribution in [2.75, 3.05) is 13.1 Å². The van der Waals surface area contributed by atoms with Crippen LogP contribution in [-0.4, -0.2) is 36.1 Å². The molecule has 0 bridgehead atoms. The minimum atomic E-state index is 0.740. The first-order valence-corrected chi connectivity index (χ1v) is 6.80. The van der Waals surface area contributed by atoms with Crippen LogP contribution in [0.1, 0.15) is 52.4 Å². The quantitative estimate of drug-likeness (QED) is 0.662. The molecule has 0 aliphatic heterocycles. The Hall–Kier alpha value is -0.0800. The van der Waals surface area contributed by atoms with Crippen molar-refractivity contribution >= 4 is 0 Å². The standard InChI is InChI=1S/C13H26N2/c1-3-4-9-15(13-7-8-13)11(2)10-14-12-5-6-12/h11-14H,3-10H2,1-2H3. The Kier molecular flexibility index (Phi) is 4.04. The summed E-state index contributed by atoms with van der Waals surface area (Å²) in [6, 6.07) is 2.52. The third-order valence-electron chi connectivity index (χ3n) is 3.63. The molecule has 0 aromatic rings.